The maximum atomic E-state index is 13.4. The van der Waals surface area contributed by atoms with E-state index in [4.69, 9.17) is 10.5 Å². The van der Waals surface area contributed by atoms with E-state index in [1.165, 1.54) is 0 Å². The van der Waals surface area contributed by atoms with Crippen LogP contribution in [0.2, 0.25) is 0 Å². The van der Waals surface area contributed by atoms with E-state index in [0.29, 0.717) is 39.0 Å². The van der Waals surface area contributed by atoms with Crippen LogP contribution in [-0.4, -0.2) is 59.9 Å². The molecule has 3 N–H and O–H groups in total. The number of hydrogen-bond donors (Lipinski definition) is 2. The van der Waals surface area contributed by atoms with Gasteiger partial charge in [0.05, 0.1) is 18.8 Å². The van der Waals surface area contributed by atoms with Crippen LogP contribution in [0.1, 0.15) is 45.6 Å². The van der Waals surface area contributed by atoms with Crippen molar-refractivity contribution in [3.05, 3.63) is 66.2 Å². The van der Waals surface area contributed by atoms with Gasteiger partial charge < -0.3 is 25.6 Å². The summed E-state index contributed by atoms with van der Waals surface area (Å²) in [6, 6.07) is 18.5. The summed E-state index contributed by atoms with van der Waals surface area (Å²) in [6.45, 7) is 6.41. The second-order valence-corrected chi connectivity index (χ2v) is 9.76. The number of piperidine rings is 1. The van der Waals surface area contributed by atoms with Crippen molar-refractivity contribution in [2.75, 3.05) is 24.6 Å². The third-order valence-electron chi connectivity index (χ3n) is 6.33. The Morgan fingerprint density at radius 1 is 1.05 bits per heavy atom. The molecule has 0 spiro atoms. The molecule has 3 amide bonds. The number of nitrogens with one attached hydrogen (secondary N) is 1. The summed E-state index contributed by atoms with van der Waals surface area (Å²) in [7, 11) is 0. The quantitative estimate of drug-likeness (QED) is 0.490. The SMILES string of the molecule is CCC(=O)N(c1ccccc1)C1CCN(C(=O)[C@@H](COCc2ccccc2)NC(=O)C(C)(C)N)CC1.Cl. The number of nitrogens with zero attached hydrogens (tertiary/aromatic N) is 2. The number of likely N-dealkylation sites (tertiary alicyclic amines) is 1. The van der Waals surface area contributed by atoms with Crippen molar-refractivity contribution in [2.45, 2.75) is 64.3 Å². The Kier molecular flexibility index (Phi) is 11.6. The lowest BCUT2D eigenvalue weighted by atomic mass is 10.0. The Morgan fingerprint density at radius 2 is 1.62 bits per heavy atom. The van der Waals surface area contributed by atoms with Crippen LogP contribution in [-0.2, 0) is 25.7 Å². The van der Waals surface area contributed by atoms with Gasteiger partial charge in [-0.15, -0.1) is 12.4 Å². The lowest BCUT2D eigenvalue weighted by Crippen LogP contribution is -2.59. The summed E-state index contributed by atoms with van der Waals surface area (Å²) in [4.78, 5) is 42.4. The van der Waals surface area contributed by atoms with Crippen LogP contribution in [0.15, 0.2) is 60.7 Å². The van der Waals surface area contributed by atoms with Gasteiger partial charge in [0.15, 0.2) is 0 Å². The van der Waals surface area contributed by atoms with Crippen molar-refractivity contribution in [1.82, 2.24) is 10.2 Å². The van der Waals surface area contributed by atoms with E-state index < -0.39 is 17.5 Å². The molecule has 8 nitrogen and oxygen atoms in total. The third-order valence-corrected chi connectivity index (χ3v) is 6.33. The largest absolute Gasteiger partial charge is 0.374 e. The van der Waals surface area contributed by atoms with E-state index >= 15 is 0 Å². The van der Waals surface area contributed by atoms with Crippen LogP contribution >= 0.6 is 12.4 Å². The summed E-state index contributed by atoms with van der Waals surface area (Å²) in [5.74, 6) is -0.550. The molecule has 1 fully saturated rings. The molecule has 0 unspecified atom stereocenters. The van der Waals surface area contributed by atoms with E-state index in [9.17, 15) is 14.4 Å². The monoisotopic (exact) mass is 530 g/mol. The minimum atomic E-state index is -1.12. The maximum absolute atomic E-state index is 13.4. The fourth-order valence-corrected chi connectivity index (χ4v) is 4.27. The number of carbonyl (C=O) groups is 3. The van der Waals surface area contributed by atoms with Crippen molar-refractivity contribution >= 4 is 35.8 Å². The zero-order valence-corrected chi connectivity index (χ0v) is 22.7. The van der Waals surface area contributed by atoms with Gasteiger partial charge in [0.2, 0.25) is 17.7 Å². The van der Waals surface area contributed by atoms with E-state index in [0.717, 1.165) is 11.3 Å². The first-order valence-corrected chi connectivity index (χ1v) is 12.6. The number of carbonyl (C=O) groups excluding carboxylic acids is 3. The average Bonchev–Trinajstić information content (AvgIpc) is 2.88. The molecule has 1 saturated heterocycles. The molecule has 1 aliphatic rings. The highest BCUT2D eigenvalue weighted by Crippen LogP contribution is 2.25. The fourth-order valence-electron chi connectivity index (χ4n) is 4.27. The second kappa shape index (κ2) is 14.1. The molecule has 202 valence electrons. The molecule has 2 aromatic rings. The van der Waals surface area contributed by atoms with Gasteiger partial charge >= 0.3 is 0 Å². The van der Waals surface area contributed by atoms with Crippen LogP contribution in [0, 0.1) is 0 Å². The van der Waals surface area contributed by atoms with Crippen LogP contribution in [0.5, 0.6) is 0 Å². The van der Waals surface area contributed by atoms with Gasteiger partial charge in [-0.2, -0.15) is 0 Å². The number of benzene rings is 2. The molecule has 1 aliphatic heterocycles. The van der Waals surface area contributed by atoms with E-state index in [2.05, 4.69) is 5.32 Å². The van der Waals surface area contributed by atoms with Crippen LogP contribution in [0.25, 0.3) is 0 Å². The number of halogens is 1. The number of rotatable bonds is 10. The molecule has 37 heavy (non-hydrogen) atoms. The molecular formula is C28H39ClN4O4. The molecule has 3 rings (SSSR count). The maximum Gasteiger partial charge on any atom is 0.247 e. The van der Waals surface area contributed by atoms with Crippen molar-refractivity contribution in [3.8, 4) is 0 Å². The van der Waals surface area contributed by atoms with Crippen molar-refractivity contribution < 1.29 is 19.1 Å². The molecule has 0 saturated carbocycles. The first-order chi connectivity index (χ1) is 17.2. The van der Waals surface area contributed by atoms with Gasteiger partial charge in [-0.05, 0) is 44.4 Å². The van der Waals surface area contributed by atoms with Gasteiger partial charge in [0, 0.05) is 31.2 Å². The van der Waals surface area contributed by atoms with Gasteiger partial charge in [0.1, 0.15) is 6.04 Å². The molecule has 1 atom stereocenters. The molecule has 0 bridgehead atoms. The molecule has 9 heteroatoms. The number of ether oxygens (including phenoxy) is 1. The molecular weight excluding hydrogens is 492 g/mol. The smallest absolute Gasteiger partial charge is 0.247 e. The predicted octanol–water partition coefficient (Wildman–Crippen LogP) is 3.28. The first kappa shape index (κ1) is 30.3. The Morgan fingerprint density at radius 3 is 2.16 bits per heavy atom. The average molecular weight is 531 g/mol. The Balaban J connectivity index is 0.00000481. The van der Waals surface area contributed by atoms with Gasteiger partial charge in [-0.1, -0.05) is 55.5 Å². The summed E-state index contributed by atoms with van der Waals surface area (Å²) >= 11 is 0. The fraction of sp³-hybridized carbons (Fsp3) is 0.464. The van der Waals surface area contributed by atoms with Crippen molar-refractivity contribution in [1.29, 1.82) is 0 Å². The van der Waals surface area contributed by atoms with Crippen LogP contribution < -0.4 is 16.0 Å². The number of amides is 3. The van der Waals surface area contributed by atoms with E-state index in [1.54, 1.807) is 18.7 Å². The highest BCUT2D eigenvalue weighted by atomic mass is 35.5. The number of nitrogens with two attached hydrogens (primary N) is 1. The van der Waals surface area contributed by atoms with E-state index in [-0.39, 0.29) is 36.9 Å². The lowest BCUT2D eigenvalue weighted by molar-refractivity contribution is -0.140. The molecule has 1 heterocycles. The van der Waals surface area contributed by atoms with Crippen molar-refractivity contribution in [2.24, 2.45) is 5.73 Å². The Bertz CT molecular complexity index is 1010. The van der Waals surface area contributed by atoms with Gasteiger partial charge in [-0.3, -0.25) is 14.4 Å². The molecule has 0 aromatic heterocycles. The van der Waals surface area contributed by atoms with Gasteiger partial charge in [-0.25, -0.2) is 0 Å². The minimum Gasteiger partial charge on any atom is -0.374 e. The first-order valence-electron chi connectivity index (χ1n) is 12.6. The summed E-state index contributed by atoms with van der Waals surface area (Å²) in [5, 5.41) is 2.78. The summed E-state index contributed by atoms with van der Waals surface area (Å²) in [6.07, 6.45) is 1.72. The third kappa shape index (κ3) is 8.55. The van der Waals surface area contributed by atoms with E-state index in [1.807, 2.05) is 72.5 Å². The zero-order chi connectivity index (χ0) is 26.1. The number of hydrogen-bond acceptors (Lipinski definition) is 5. The topological polar surface area (TPSA) is 105 Å². The minimum absolute atomic E-state index is 0. The molecule has 0 aliphatic carbocycles. The summed E-state index contributed by atoms with van der Waals surface area (Å²) < 4.78 is 5.81. The Labute approximate surface area is 225 Å². The molecule has 2 aromatic carbocycles. The van der Waals surface area contributed by atoms with Crippen molar-refractivity contribution in [3.63, 3.8) is 0 Å². The Hall–Kier alpha value is -2.94. The van der Waals surface area contributed by atoms with Crippen LogP contribution in [0.3, 0.4) is 0 Å². The number of anilines is 1. The predicted molar refractivity (Wildman–Crippen MR) is 147 cm³/mol. The van der Waals surface area contributed by atoms with Gasteiger partial charge in [0.25, 0.3) is 0 Å². The molecule has 0 radical (unpaired) electrons. The zero-order valence-electron chi connectivity index (χ0n) is 21.9. The van der Waals surface area contributed by atoms with Crippen LogP contribution in [0.4, 0.5) is 5.69 Å². The highest BCUT2D eigenvalue weighted by molar-refractivity contribution is 5.94. The normalized spacial score (nSPS) is 14.9. The summed E-state index contributed by atoms with van der Waals surface area (Å²) in [5.41, 5.74) is 6.69. The standard InChI is InChI=1S/C28H38N4O4.ClH/c1-4-25(33)32(22-13-9-6-10-14-22)23-15-17-31(18-16-23)26(34)24(30-27(35)28(2,3)29)20-36-19-21-11-7-5-8-12-21;/h5-14,23-24H,4,15-20,29H2,1-3H3,(H,30,35);1H/t24-;/m1./s1. The highest BCUT2D eigenvalue weighted by Gasteiger charge is 2.34. The second-order valence-electron chi connectivity index (χ2n) is 9.76. The number of para-hydroxylation sites is 1. The lowest BCUT2D eigenvalue weighted by Gasteiger charge is -2.39.